The Bertz CT molecular complexity index is 223. The molecule has 0 fully saturated rings. The molecule has 0 spiro atoms. The number of rotatable bonds is 7. The smallest absolute Gasteiger partial charge is 0.326 e. The minimum Gasteiger partial charge on any atom is -0.480 e. The Balaban J connectivity index is 4.16. The molecule has 0 heterocycles. The van der Waals surface area contributed by atoms with Gasteiger partial charge in [0.1, 0.15) is 6.04 Å². The summed E-state index contributed by atoms with van der Waals surface area (Å²) in [6.07, 6.45) is 2.34. The molecule has 15 heavy (non-hydrogen) atoms. The van der Waals surface area contributed by atoms with Gasteiger partial charge in [0.25, 0.3) is 0 Å². The molecule has 0 bridgehead atoms. The summed E-state index contributed by atoms with van der Waals surface area (Å²) in [5.74, 6) is -0.558. The zero-order valence-electron chi connectivity index (χ0n) is 9.24. The fraction of sp³-hybridized carbons (Fsp3) is 0.778. The monoisotopic (exact) mass is 234 g/mol. The fourth-order valence-electron chi connectivity index (χ4n) is 0.921. The van der Waals surface area contributed by atoms with E-state index in [1.165, 1.54) is 0 Å². The van der Waals surface area contributed by atoms with Crippen molar-refractivity contribution in [3.05, 3.63) is 0 Å². The van der Waals surface area contributed by atoms with E-state index in [2.05, 4.69) is 10.6 Å². The molecule has 0 radical (unpaired) electrons. The lowest BCUT2D eigenvalue weighted by atomic mass is 10.2. The van der Waals surface area contributed by atoms with E-state index in [0.717, 1.165) is 0 Å². The maximum Gasteiger partial charge on any atom is 0.326 e. The Hall–Kier alpha value is -0.750. The van der Waals surface area contributed by atoms with Crippen LogP contribution in [0.1, 0.15) is 13.3 Å². The van der Waals surface area contributed by atoms with E-state index < -0.39 is 12.0 Å². The zero-order valence-corrected chi connectivity index (χ0v) is 10.1. The molecule has 0 aliphatic carbocycles. The van der Waals surface area contributed by atoms with Crippen molar-refractivity contribution in [1.82, 2.24) is 10.6 Å². The van der Waals surface area contributed by atoms with Gasteiger partial charge in [-0.3, -0.25) is 4.79 Å². The van der Waals surface area contributed by atoms with Crippen molar-refractivity contribution >= 4 is 23.6 Å². The fourth-order valence-corrected chi connectivity index (χ4v) is 1.39. The van der Waals surface area contributed by atoms with E-state index in [1.807, 2.05) is 6.26 Å². The number of aliphatic carboxylic acids is 1. The molecular weight excluding hydrogens is 216 g/mol. The lowest BCUT2D eigenvalue weighted by Crippen LogP contribution is -2.48. The first-order valence-corrected chi connectivity index (χ1v) is 6.11. The first kappa shape index (κ1) is 14.2. The number of hydrogen-bond donors (Lipinski definition) is 3. The number of carboxylic acids is 1. The Kier molecular flexibility index (Phi) is 7.15. The SMILES string of the molecule is CNC(C)C(=O)NC(CCSC)C(=O)O. The molecule has 0 aliphatic heterocycles. The van der Waals surface area contributed by atoms with Gasteiger partial charge < -0.3 is 15.7 Å². The molecular formula is C9H18N2O3S. The maximum atomic E-state index is 11.4. The van der Waals surface area contributed by atoms with Gasteiger partial charge in [0.15, 0.2) is 0 Å². The van der Waals surface area contributed by atoms with Crippen LogP contribution in [-0.2, 0) is 9.59 Å². The second-order valence-corrected chi connectivity index (χ2v) is 4.18. The number of hydrogen-bond acceptors (Lipinski definition) is 4. The second-order valence-electron chi connectivity index (χ2n) is 3.19. The summed E-state index contributed by atoms with van der Waals surface area (Å²) in [5, 5.41) is 14.1. The Morgan fingerprint density at radius 3 is 2.47 bits per heavy atom. The van der Waals surface area contributed by atoms with Gasteiger partial charge in [-0.15, -0.1) is 0 Å². The Labute approximate surface area is 94.0 Å². The highest BCUT2D eigenvalue weighted by atomic mass is 32.2. The van der Waals surface area contributed by atoms with Gasteiger partial charge in [-0.1, -0.05) is 0 Å². The number of carbonyl (C=O) groups is 2. The number of likely N-dealkylation sites (N-methyl/N-ethyl adjacent to an activating group) is 1. The van der Waals surface area contributed by atoms with Crippen LogP contribution in [0.4, 0.5) is 0 Å². The van der Waals surface area contributed by atoms with Crippen molar-refractivity contribution in [1.29, 1.82) is 0 Å². The quantitative estimate of drug-likeness (QED) is 0.574. The molecule has 0 saturated carbocycles. The molecule has 0 saturated heterocycles. The van der Waals surface area contributed by atoms with Crippen molar-refractivity contribution in [2.75, 3.05) is 19.1 Å². The Morgan fingerprint density at radius 1 is 1.47 bits per heavy atom. The van der Waals surface area contributed by atoms with Crippen molar-refractivity contribution in [3.63, 3.8) is 0 Å². The van der Waals surface area contributed by atoms with Crippen LogP contribution in [0.25, 0.3) is 0 Å². The lowest BCUT2D eigenvalue weighted by Gasteiger charge is -2.16. The van der Waals surface area contributed by atoms with Crippen molar-refractivity contribution < 1.29 is 14.7 Å². The first-order valence-electron chi connectivity index (χ1n) is 4.72. The average molecular weight is 234 g/mol. The second kappa shape index (κ2) is 7.53. The number of carboxylic acid groups (broad SMARTS) is 1. The lowest BCUT2D eigenvalue weighted by molar-refractivity contribution is -0.142. The van der Waals surface area contributed by atoms with Crippen LogP contribution in [0, 0.1) is 0 Å². The predicted octanol–water partition coefficient (Wildman–Crippen LogP) is -0.0832. The third-order valence-corrected chi connectivity index (χ3v) is 2.70. The molecule has 6 heteroatoms. The van der Waals surface area contributed by atoms with Gasteiger partial charge >= 0.3 is 5.97 Å². The summed E-state index contributed by atoms with van der Waals surface area (Å²) in [4.78, 5) is 22.2. The van der Waals surface area contributed by atoms with Gasteiger partial charge in [-0.25, -0.2) is 4.79 Å². The van der Waals surface area contributed by atoms with E-state index >= 15 is 0 Å². The van der Waals surface area contributed by atoms with Crippen LogP contribution in [0.15, 0.2) is 0 Å². The standard InChI is InChI=1S/C9H18N2O3S/c1-6(10-2)8(12)11-7(9(13)14)4-5-15-3/h6-7,10H,4-5H2,1-3H3,(H,11,12)(H,13,14). The van der Waals surface area contributed by atoms with Crippen LogP contribution in [0.2, 0.25) is 0 Å². The third kappa shape index (κ3) is 5.64. The van der Waals surface area contributed by atoms with E-state index in [1.54, 1.807) is 25.7 Å². The largest absolute Gasteiger partial charge is 0.480 e. The number of carbonyl (C=O) groups excluding carboxylic acids is 1. The van der Waals surface area contributed by atoms with Crippen molar-refractivity contribution in [3.8, 4) is 0 Å². The van der Waals surface area contributed by atoms with Crippen LogP contribution < -0.4 is 10.6 Å². The van der Waals surface area contributed by atoms with Crippen LogP contribution in [0.3, 0.4) is 0 Å². The minimum atomic E-state index is -0.985. The zero-order chi connectivity index (χ0) is 11.8. The summed E-state index contributed by atoms with van der Waals surface area (Å²) in [5.41, 5.74) is 0. The van der Waals surface area contributed by atoms with Crippen molar-refractivity contribution in [2.24, 2.45) is 0 Å². The average Bonchev–Trinajstić information content (AvgIpc) is 2.22. The molecule has 0 rings (SSSR count). The van der Waals surface area contributed by atoms with E-state index in [4.69, 9.17) is 5.11 Å². The number of amides is 1. The minimum absolute atomic E-state index is 0.286. The normalized spacial score (nSPS) is 14.3. The molecule has 2 atom stereocenters. The molecule has 1 amide bonds. The maximum absolute atomic E-state index is 11.4. The highest BCUT2D eigenvalue weighted by Gasteiger charge is 2.21. The van der Waals surface area contributed by atoms with E-state index in [0.29, 0.717) is 12.2 Å². The Morgan fingerprint density at radius 2 is 2.07 bits per heavy atom. The highest BCUT2D eigenvalue weighted by Crippen LogP contribution is 2.01. The molecule has 3 N–H and O–H groups in total. The molecule has 88 valence electrons. The third-order valence-electron chi connectivity index (χ3n) is 2.05. The summed E-state index contributed by atoms with van der Waals surface area (Å²) in [6.45, 7) is 1.68. The van der Waals surface area contributed by atoms with Gasteiger partial charge in [-0.05, 0) is 32.4 Å². The molecule has 0 aliphatic rings. The number of thioether (sulfide) groups is 1. The van der Waals surface area contributed by atoms with Gasteiger partial charge in [0.05, 0.1) is 6.04 Å². The van der Waals surface area contributed by atoms with Crippen LogP contribution >= 0.6 is 11.8 Å². The van der Waals surface area contributed by atoms with Gasteiger partial charge in [0, 0.05) is 0 Å². The topological polar surface area (TPSA) is 78.4 Å². The molecule has 0 aromatic rings. The molecule has 0 aromatic carbocycles. The predicted molar refractivity (Wildman–Crippen MR) is 61.1 cm³/mol. The van der Waals surface area contributed by atoms with E-state index in [9.17, 15) is 9.59 Å². The van der Waals surface area contributed by atoms with E-state index in [-0.39, 0.29) is 11.9 Å². The summed E-state index contributed by atoms with van der Waals surface area (Å²) < 4.78 is 0. The summed E-state index contributed by atoms with van der Waals surface area (Å²) in [6, 6.07) is -1.16. The first-order chi connectivity index (χ1) is 7.02. The molecule has 0 aromatic heterocycles. The van der Waals surface area contributed by atoms with Crippen molar-refractivity contribution in [2.45, 2.75) is 25.4 Å². The highest BCUT2D eigenvalue weighted by molar-refractivity contribution is 7.98. The summed E-state index contributed by atoms with van der Waals surface area (Å²) in [7, 11) is 1.65. The van der Waals surface area contributed by atoms with Gasteiger partial charge in [-0.2, -0.15) is 11.8 Å². The van der Waals surface area contributed by atoms with Crippen LogP contribution in [0.5, 0.6) is 0 Å². The van der Waals surface area contributed by atoms with Gasteiger partial charge in [0.2, 0.25) is 5.91 Å². The summed E-state index contributed by atoms with van der Waals surface area (Å²) >= 11 is 1.56. The number of nitrogens with one attached hydrogen (secondary N) is 2. The molecule has 5 nitrogen and oxygen atoms in total. The van der Waals surface area contributed by atoms with Crippen LogP contribution in [-0.4, -0.2) is 48.1 Å². The molecule has 2 unspecified atom stereocenters.